The van der Waals surface area contributed by atoms with E-state index >= 15 is 0 Å². The van der Waals surface area contributed by atoms with Crippen LogP contribution in [0, 0.1) is 6.92 Å². The van der Waals surface area contributed by atoms with Crippen LogP contribution in [-0.4, -0.2) is 35.7 Å². The number of carbonyl (C=O) groups is 2. The maximum Gasteiger partial charge on any atom is 0.261 e. The lowest BCUT2D eigenvalue weighted by Gasteiger charge is -2.13. The van der Waals surface area contributed by atoms with Crippen LogP contribution in [0.1, 0.15) is 26.3 Å². The average Bonchev–Trinajstić information content (AvgIpc) is 2.90. The molecular weight excluding hydrogens is 394 g/mol. The quantitative estimate of drug-likeness (QED) is 0.618. The third-order valence-corrected chi connectivity index (χ3v) is 6.83. The number of rotatable bonds is 5. The number of fused-ring (bicyclic) bond motifs is 1. The highest BCUT2D eigenvalue weighted by Crippen LogP contribution is 2.25. The first kappa shape index (κ1) is 19.0. The van der Waals surface area contributed by atoms with E-state index < -0.39 is 31.9 Å². The molecule has 0 aliphatic carbocycles. The smallest absolute Gasteiger partial charge is 0.261 e. The molecule has 11 heteroatoms. The van der Waals surface area contributed by atoms with Gasteiger partial charge < -0.3 is 0 Å². The fourth-order valence-corrected chi connectivity index (χ4v) is 4.42. The van der Waals surface area contributed by atoms with Gasteiger partial charge in [0.1, 0.15) is 0 Å². The molecule has 27 heavy (non-hydrogen) atoms. The third-order valence-electron chi connectivity index (χ3n) is 4.05. The zero-order chi connectivity index (χ0) is 20.0. The van der Waals surface area contributed by atoms with Gasteiger partial charge in [0.15, 0.2) is 0 Å². The van der Waals surface area contributed by atoms with Crippen LogP contribution >= 0.6 is 0 Å². The standard InChI is InChI=1S/C16H15N3O6S2/c1-9-3-4-11(26(22,23)17-2)8-14(9)19-27(24,25)10-5-6-12-13(7-10)16(21)18-15(12)20/h3-8,17,19H,1-2H3,(H,18,20,21). The van der Waals surface area contributed by atoms with Crippen molar-refractivity contribution in [1.29, 1.82) is 0 Å². The summed E-state index contributed by atoms with van der Waals surface area (Å²) in [7, 11) is -6.63. The summed E-state index contributed by atoms with van der Waals surface area (Å²) in [6.07, 6.45) is 0. The SMILES string of the molecule is CNS(=O)(=O)c1ccc(C)c(NS(=O)(=O)c2ccc3c(c2)C(=O)NC3=O)c1. The second-order valence-electron chi connectivity index (χ2n) is 5.78. The molecule has 0 bridgehead atoms. The minimum Gasteiger partial charge on any atom is -0.288 e. The van der Waals surface area contributed by atoms with Crippen molar-refractivity contribution >= 4 is 37.5 Å². The Bertz CT molecular complexity index is 1190. The molecule has 0 unspecified atom stereocenters. The van der Waals surface area contributed by atoms with E-state index in [9.17, 15) is 26.4 Å². The summed E-state index contributed by atoms with van der Waals surface area (Å²) < 4.78 is 53.7. The van der Waals surface area contributed by atoms with Crippen molar-refractivity contribution in [3.8, 4) is 0 Å². The Morgan fingerprint density at radius 1 is 0.815 bits per heavy atom. The number of imide groups is 1. The highest BCUT2D eigenvalue weighted by Gasteiger charge is 2.29. The van der Waals surface area contributed by atoms with Gasteiger partial charge in [-0.1, -0.05) is 6.07 Å². The van der Waals surface area contributed by atoms with Crippen LogP contribution in [0.3, 0.4) is 0 Å². The van der Waals surface area contributed by atoms with E-state index in [1.165, 1.54) is 37.4 Å². The third kappa shape index (κ3) is 3.44. The van der Waals surface area contributed by atoms with E-state index in [4.69, 9.17) is 0 Å². The summed E-state index contributed by atoms with van der Waals surface area (Å²) in [6, 6.07) is 7.56. The van der Waals surface area contributed by atoms with Crippen LogP contribution in [0.15, 0.2) is 46.2 Å². The van der Waals surface area contributed by atoms with Crippen molar-refractivity contribution < 1.29 is 26.4 Å². The van der Waals surface area contributed by atoms with Crippen LogP contribution < -0.4 is 14.8 Å². The first-order valence-electron chi connectivity index (χ1n) is 7.62. The number of hydrogen-bond donors (Lipinski definition) is 3. The topological polar surface area (TPSA) is 139 Å². The molecule has 0 aromatic heterocycles. The summed E-state index contributed by atoms with van der Waals surface area (Å²) in [4.78, 5) is 23.0. The van der Waals surface area contributed by atoms with Gasteiger partial charge in [0.25, 0.3) is 21.8 Å². The average molecular weight is 409 g/mol. The number of carbonyl (C=O) groups excluding carboxylic acids is 2. The molecule has 3 rings (SSSR count). The summed E-state index contributed by atoms with van der Waals surface area (Å²) in [5, 5.41) is 2.08. The van der Waals surface area contributed by atoms with E-state index in [-0.39, 0.29) is 26.6 Å². The summed E-state index contributed by atoms with van der Waals surface area (Å²) in [5.74, 6) is -1.27. The highest BCUT2D eigenvalue weighted by atomic mass is 32.2. The number of nitrogens with one attached hydrogen (secondary N) is 3. The zero-order valence-electron chi connectivity index (χ0n) is 14.2. The Morgan fingerprint density at radius 2 is 1.41 bits per heavy atom. The van der Waals surface area contributed by atoms with Gasteiger partial charge in [-0.15, -0.1) is 0 Å². The van der Waals surface area contributed by atoms with Crippen molar-refractivity contribution in [2.24, 2.45) is 0 Å². The number of sulfonamides is 2. The second-order valence-corrected chi connectivity index (χ2v) is 9.35. The Balaban J connectivity index is 2.01. The lowest BCUT2D eigenvalue weighted by molar-refractivity contribution is 0.0879. The van der Waals surface area contributed by atoms with E-state index in [2.05, 4.69) is 14.8 Å². The molecule has 9 nitrogen and oxygen atoms in total. The van der Waals surface area contributed by atoms with Crippen LogP contribution in [0.25, 0.3) is 0 Å². The second kappa shape index (κ2) is 6.44. The van der Waals surface area contributed by atoms with Crippen molar-refractivity contribution in [2.45, 2.75) is 16.7 Å². The number of anilines is 1. The molecule has 0 saturated carbocycles. The molecule has 1 heterocycles. The summed E-state index contributed by atoms with van der Waals surface area (Å²) in [6.45, 7) is 1.61. The van der Waals surface area contributed by atoms with Gasteiger partial charge in [-0.25, -0.2) is 21.6 Å². The molecule has 142 valence electrons. The largest absolute Gasteiger partial charge is 0.288 e. The van der Waals surface area contributed by atoms with Gasteiger partial charge in [-0.3, -0.25) is 19.6 Å². The number of benzene rings is 2. The van der Waals surface area contributed by atoms with Crippen molar-refractivity contribution in [3.63, 3.8) is 0 Å². The predicted octanol–water partition coefficient (Wildman–Crippen LogP) is 0.588. The number of amides is 2. The number of hydrogen-bond acceptors (Lipinski definition) is 6. The monoisotopic (exact) mass is 409 g/mol. The highest BCUT2D eigenvalue weighted by molar-refractivity contribution is 7.92. The van der Waals surface area contributed by atoms with Gasteiger partial charge >= 0.3 is 0 Å². The molecule has 2 aromatic rings. The molecular formula is C16H15N3O6S2. The minimum atomic E-state index is -4.12. The van der Waals surface area contributed by atoms with Crippen LogP contribution in [0.5, 0.6) is 0 Å². The van der Waals surface area contributed by atoms with Crippen molar-refractivity contribution in [3.05, 3.63) is 53.1 Å². The Kier molecular flexibility index (Phi) is 4.54. The van der Waals surface area contributed by atoms with E-state index in [1.807, 2.05) is 0 Å². The van der Waals surface area contributed by atoms with Crippen LogP contribution in [-0.2, 0) is 20.0 Å². The van der Waals surface area contributed by atoms with E-state index in [0.29, 0.717) is 5.56 Å². The molecule has 0 atom stereocenters. The van der Waals surface area contributed by atoms with Gasteiger partial charge in [-0.2, -0.15) is 0 Å². The lowest BCUT2D eigenvalue weighted by Crippen LogP contribution is -2.20. The first-order valence-corrected chi connectivity index (χ1v) is 10.6. The molecule has 1 aliphatic heterocycles. The molecule has 2 aromatic carbocycles. The fraction of sp³-hybridized carbons (Fsp3) is 0.125. The van der Waals surface area contributed by atoms with E-state index in [0.717, 1.165) is 6.07 Å². The summed E-state index contributed by atoms with van der Waals surface area (Å²) in [5.41, 5.74) is 0.637. The van der Waals surface area contributed by atoms with Gasteiger partial charge in [0, 0.05) is 0 Å². The van der Waals surface area contributed by atoms with E-state index in [1.54, 1.807) is 6.92 Å². The summed E-state index contributed by atoms with van der Waals surface area (Å²) >= 11 is 0. The molecule has 0 saturated heterocycles. The normalized spacial score (nSPS) is 14.0. The minimum absolute atomic E-state index is 0.0360. The van der Waals surface area contributed by atoms with Gasteiger partial charge in [-0.05, 0) is 49.9 Å². The molecule has 0 fully saturated rings. The Morgan fingerprint density at radius 3 is 2.07 bits per heavy atom. The van der Waals surface area contributed by atoms with Crippen LogP contribution in [0.2, 0.25) is 0 Å². The molecule has 3 N–H and O–H groups in total. The maximum atomic E-state index is 12.7. The van der Waals surface area contributed by atoms with Gasteiger partial charge in [0.05, 0.1) is 26.6 Å². The lowest BCUT2D eigenvalue weighted by atomic mass is 10.1. The molecule has 1 aliphatic rings. The molecule has 0 radical (unpaired) electrons. The predicted molar refractivity (Wildman–Crippen MR) is 96.5 cm³/mol. The fourth-order valence-electron chi connectivity index (χ4n) is 2.51. The van der Waals surface area contributed by atoms with Crippen LogP contribution in [0.4, 0.5) is 5.69 Å². The maximum absolute atomic E-state index is 12.7. The molecule has 0 spiro atoms. The zero-order valence-corrected chi connectivity index (χ0v) is 15.9. The number of aryl methyl sites for hydroxylation is 1. The van der Waals surface area contributed by atoms with Crippen molar-refractivity contribution in [2.75, 3.05) is 11.8 Å². The molecule has 2 amide bonds. The first-order chi connectivity index (χ1) is 12.5. The van der Waals surface area contributed by atoms with Gasteiger partial charge in [0.2, 0.25) is 10.0 Å². The Hall–Kier alpha value is -2.76. The van der Waals surface area contributed by atoms with Crippen molar-refractivity contribution in [1.82, 2.24) is 10.0 Å². The Labute approximate surface area is 155 Å².